The lowest BCUT2D eigenvalue weighted by molar-refractivity contribution is -0.121. The standard InChI is InChI=1S/C15H23N3O6/c1-8-11(15(21)24-6-5-22-3)9(2)17-12(8)14(20)18-10(7-23-4)13(16)19/h10,17H,5-7H2,1-4H3,(H2,16,19)(H,18,20)/t10-/m0/s1. The summed E-state index contributed by atoms with van der Waals surface area (Å²) in [5, 5.41) is 2.46. The number of methoxy groups -OCH3 is 2. The molecule has 1 rings (SSSR count). The van der Waals surface area contributed by atoms with Gasteiger partial charge in [-0.1, -0.05) is 0 Å². The molecule has 0 aliphatic rings. The van der Waals surface area contributed by atoms with Gasteiger partial charge in [-0.15, -0.1) is 0 Å². The number of nitrogens with two attached hydrogens (primary N) is 1. The second kappa shape index (κ2) is 9.04. The maximum absolute atomic E-state index is 12.3. The van der Waals surface area contributed by atoms with E-state index in [0.29, 0.717) is 11.3 Å². The quantitative estimate of drug-likeness (QED) is 0.416. The highest BCUT2D eigenvalue weighted by Crippen LogP contribution is 2.19. The van der Waals surface area contributed by atoms with Crippen LogP contribution in [0.1, 0.15) is 32.1 Å². The summed E-state index contributed by atoms with van der Waals surface area (Å²) in [5.74, 6) is -1.83. The van der Waals surface area contributed by atoms with Crippen LogP contribution in [0, 0.1) is 13.8 Å². The minimum Gasteiger partial charge on any atom is -0.460 e. The van der Waals surface area contributed by atoms with E-state index in [2.05, 4.69) is 10.3 Å². The zero-order valence-electron chi connectivity index (χ0n) is 14.2. The van der Waals surface area contributed by atoms with Crippen LogP contribution >= 0.6 is 0 Å². The van der Waals surface area contributed by atoms with E-state index in [4.69, 9.17) is 19.9 Å². The van der Waals surface area contributed by atoms with Crippen molar-refractivity contribution in [3.8, 4) is 0 Å². The number of H-pyrrole nitrogens is 1. The number of hydrogen-bond acceptors (Lipinski definition) is 6. The second-order valence-corrected chi connectivity index (χ2v) is 5.14. The lowest BCUT2D eigenvalue weighted by atomic mass is 10.1. The van der Waals surface area contributed by atoms with Gasteiger partial charge in [-0.25, -0.2) is 4.79 Å². The van der Waals surface area contributed by atoms with Crippen LogP contribution in [0.4, 0.5) is 0 Å². The summed E-state index contributed by atoms with van der Waals surface area (Å²) in [7, 11) is 2.89. The first-order chi connectivity index (χ1) is 11.3. The highest BCUT2D eigenvalue weighted by molar-refractivity contribution is 6.01. The minimum atomic E-state index is -0.970. The van der Waals surface area contributed by atoms with Gasteiger partial charge in [0.1, 0.15) is 18.3 Å². The van der Waals surface area contributed by atoms with E-state index < -0.39 is 23.8 Å². The zero-order chi connectivity index (χ0) is 18.3. The summed E-state index contributed by atoms with van der Waals surface area (Å²) < 4.78 is 14.7. The molecular formula is C15H23N3O6. The Hall–Kier alpha value is -2.39. The first-order valence-corrected chi connectivity index (χ1v) is 7.27. The van der Waals surface area contributed by atoms with Crippen molar-refractivity contribution in [1.82, 2.24) is 10.3 Å². The first kappa shape index (κ1) is 19.7. The number of amides is 2. The van der Waals surface area contributed by atoms with Crippen LogP contribution in [0.15, 0.2) is 0 Å². The van der Waals surface area contributed by atoms with Gasteiger partial charge in [-0.05, 0) is 19.4 Å². The van der Waals surface area contributed by atoms with Crippen LogP contribution in [0.25, 0.3) is 0 Å². The summed E-state index contributed by atoms with van der Waals surface area (Å²) >= 11 is 0. The molecule has 0 saturated heterocycles. The number of nitrogens with one attached hydrogen (secondary N) is 2. The van der Waals surface area contributed by atoms with Crippen LogP contribution < -0.4 is 11.1 Å². The van der Waals surface area contributed by atoms with E-state index in [9.17, 15) is 14.4 Å². The molecule has 0 bridgehead atoms. The van der Waals surface area contributed by atoms with Gasteiger partial charge in [0.25, 0.3) is 5.91 Å². The average molecular weight is 341 g/mol. The number of rotatable bonds is 9. The molecule has 1 aromatic rings. The van der Waals surface area contributed by atoms with Crippen molar-refractivity contribution in [1.29, 1.82) is 0 Å². The molecular weight excluding hydrogens is 318 g/mol. The predicted molar refractivity (Wildman–Crippen MR) is 84.7 cm³/mol. The SMILES string of the molecule is COCCOC(=O)c1c(C)[nH]c(C(=O)N[C@@H](COC)C(N)=O)c1C. The van der Waals surface area contributed by atoms with Gasteiger partial charge < -0.3 is 30.2 Å². The van der Waals surface area contributed by atoms with E-state index in [-0.39, 0.29) is 31.1 Å². The molecule has 134 valence electrons. The van der Waals surface area contributed by atoms with Crippen LogP contribution in [0.2, 0.25) is 0 Å². The first-order valence-electron chi connectivity index (χ1n) is 7.27. The Morgan fingerprint density at radius 2 is 1.83 bits per heavy atom. The molecule has 0 radical (unpaired) electrons. The molecule has 0 saturated carbocycles. The minimum absolute atomic E-state index is 0.0499. The summed E-state index contributed by atoms with van der Waals surface area (Å²) in [6.45, 7) is 3.60. The van der Waals surface area contributed by atoms with Crippen molar-refractivity contribution in [2.75, 3.05) is 34.0 Å². The molecule has 9 nitrogen and oxygen atoms in total. The third-order valence-electron chi connectivity index (χ3n) is 3.37. The topological polar surface area (TPSA) is 133 Å². The van der Waals surface area contributed by atoms with Gasteiger partial charge in [-0.3, -0.25) is 9.59 Å². The summed E-state index contributed by atoms with van der Waals surface area (Å²) in [6.07, 6.45) is 0. The Morgan fingerprint density at radius 1 is 1.17 bits per heavy atom. The fourth-order valence-electron chi connectivity index (χ4n) is 2.17. The summed E-state index contributed by atoms with van der Waals surface area (Å²) in [6, 6.07) is -0.970. The van der Waals surface area contributed by atoms with Crippen molar-refractivity contribution in [2.45, 2.75) is 19.9 Å². The van der Waals surface area contributed by atoms with E-state index in [0.717, 1.165) is 0 Å². The van der Waals surface area contributed by atoms with E-state index in [1.165, 1.54) is 14.2 Å². The third-order valence-corrected chi connectivity index (χ3v) is 3.37. The Labute approximate surface area is 139 Å². The summed E-state index contributed by atoms with van der Waals surface area (Å²) in [5.41, 5.74) is 6.56. The number of esters is 1. The summed E-state index contributed by atoms with van der Waals surface area (Å²) in [4.78, 5) is 38.6. The highest BCUT2D eigenvalue weighted by atomic mass is 16.6. The van der Waals surface area contributed by atoms with Crippen molar-refractivity contribution >= 4 is 17.8 Å². The number of primary amides is 1. The van der Waals surface area contributed by atoms with Crippen LogP contribution in [-0.2, 0) is 19.0 Å². The monoisotopic (exact) mass is 341 g/mol. The second-order valence-electron chi connectivity index (χ2n) is 5.14. The van der Waals surface area contributed by atoms with Gasteiger partial charge in [0.15, 0.2) is 0 Å². The molecule has 1 aromatic heterocycles. The molecule has 0 aliphatic carbocycles. The Morgan fingerprint density at radius 3 is 2.38 bits per heavy atom. The molecule has 0 spiro atoms. The molecule has 4 N–H and O–H groups in total. The molecule has 9 heteroatoms. The maximum atomic E-state index is 12.3. The number of carbonyl (C=O) groups excluding carboxylic acids is 3. The average Bonchev–Trinajstić information content (AvgIpc) is 2.81. The number of carbonyl (C=O) groups is 3. The lowest BCUT2D eigenvalue weighted by Gasteiger charge is -2.14. The fourth-order valence-corrected chi connectivity index (χ4v) is 2.17. The van der Waals surface area contributed by atoms with E-state index in [1.54, 1.807) is 13.8 Å². The van der Waals surface area contributed by atoms with Crippen LogP contribution in [-0.4, -0.2) is 62.8 Å². The molecule has 1 heterocycles. The van der Waals surface area contributed by atoms with Gasteiger partial charge in [0, 0.05) is 19.9 Å². The van der Waals surface area contributed by atoms with Crippen LogP contribution in [0.5, 0.6) is 0 Å². The van der Waals surface area contributed by atoms with Gasteiger partial charge in [0.2, 0.25) is 5.91 Å². The largest absolute Gasteiger partial charge is 0.460 e. The number of aromatic amines is 1. The predicted octanol–water partition coefficient (Wildman–Crippen LogP) is -0.335. The Bertz CT molecular complexity index is 611. The van der Waals surface area contributed by atoms with Crippen molar-refractivity contribution < 1.29 is 28.6 Å². The number of hydrogen-bond donors (Lipinski definition) is 3. The molecule has 0 unspecified atom stereocenters. The van der Waals surface area contributed by atoms with E-state index in [1.807, 2.05) is 0 Å². The van der Waals surface area contributed by atoms with Gasteiger partial charge in [-0.2, -0.15) is 0 Å². The molecule has 0 aliphatic heterocycles. The van der Waals surface area contributed by atoms with Crippen molar-refractivity contribution in [2.24, 2.45) is 5.73 Å². The molecule has 0 aromatic carbocycles. The molecule has 24 heavy (non-hydrogen) atoms. The van der Waals surface area contributed by atoms with Crippen molar-refractivity contribution in [3.05, 3.63) is 22.5 Å². The normalized spacial score (nSPS) is 11.8. The van der Waals surface area contributed by atoms with Gasteiger partial charge >= 0.3 is 5.97 Å². The van der Waals surface area contributed by atoms with Crippen molar-refractivity contribution in [3.63, 3.8) is 0 Å². The van der Waals surface area contributed by atoms with Gasteiger partial charge in [0.05, 0.1) is 18.8 Å². The number of aryl methyl sites for hydroxylation is 1. The maximum Gasteiger partial charge on any atom is 0.340 e. The molecule has 2 amide bonds. The molecule has 1 atom stereocenters. The van der Waals surface area contributed by atoms with Crippen LogP contribution in [0.3, 0.4) is 0 Å². The third kappa shape index (κ3) is 4.80. The Balaban J connectivity index is 2.93. The number of aromatic nitrogens is 1. The van der Waals surface area contributed by atoms with E-state index >= 15 is 0 Å². The lowest BCUT2D eigenvalue weighted by Crippen LogP contribution is -2.47. The highest BCUT2D eigenvalue weighted by Gasteiger charge is 2.25. The zero-order valence-corrected chi connectivity index (χ0v) is 14.2. The Kier molecular flexibility index (Phi) is 7.40. The number of ether oxygens (including phenoxy) is 3. The fraction of sp³-hybridized carbons (Fsp3) is 0.533. The smallest absolute Gasteiger partial charge is 0.340 e. The molecule has 0 fully saturated rings.